The van der Waals surface area contributed by atoms with Crippen LogP contribution < -0.4 is 0 Å². The minimum Gasteiger partial charge on any atom is -0.386 e. The topological polar surface area (TPSA) is 68.2 Å². The van der Waals surface area contributed by atoms with Gasteiger partial charge in [0.2, 0.25) is 0 Å². The smallest absolute Gasteiger partial charge is 0.138 e. The average Bonchev–Trinajstić information content (AvgIpc) is 3.03. The lowest BCUT2D eigenvalue weighted by atomic mass is 10.2. The zero-order valence-electron chi connectivity index (χ0n) is 11.5. The van der Waals surface area contributed by atoms with Crippen LogP contribution in [0.3, 0.4) is 0 Å². The molecule has 1 N–H and O–H groups in total. The molecule has 0 spiro atoms. The summed E-state index contributed by atoms with van der Waals surface area (Å²) in [5, 5.41) is 14.5. The number of rotatable bonds is 4. The molecule has 0 saturated heterocycles. The molecule has 0 aliphatic carbocycles. The third-order valence-electron chi connectivity index (χ3n) is 3.24. The lowest BCUT2D eigenvalue weighted by Gasteiger charge is -2.11. The lowest BCUT2D eigenvalue weighted by Crippen LogP contribution is -2.12. The number of aromatic nitrogens is 5. The van der Waals surface area contributed by atoms with E-state index in [2.05, 4.69) is 15.1 Å². The van der Waals surface area contributed by atoms with E-state index in [0.717, 1.165) is 11.5 Å². The van der Waals surface area contributed by atoms with Gasteiger partial charge in [-0.25, -0.2) is 14.6 Å². The zero-order chi connectivity index (χ0) is 14.1. The van der Waals surface area contributed by atoms with E-state index in [-0.39, 0.29) is 6.04 Å². The number of fused-ring (bicyclic) bond motifs is 1. The number of nitrogens with zero attached hydrogens (tertiary/aromatic N) is 5. The maximum Gasteiger partial charge on any atom is 0.138 e. The van der Waals surface area contributed by atoms with Gasteiger partial charge in [-0.2, -0.15) is 5.10 Å². The second-order valence-electron chi connectivity index (χ2n) is 5.07. The van der Waals surface area contributed by atoms with Crippen LogP contribution in [-0.4, -0.2) is 29.3 Å². The molecular weight excluding hydrogens is 254 g/mol. The van der Waals surface area contributed by atoms with Crippen molar-refractivity contribution in [1.29, 1.82) is 0 Å². The van der Waals surface area contributed by atoms with Gasteiger partial charge in [-0.3, -0.25) is 0 Å². The number of imidazole rings is 1. The van der Waals surface area contributed by atoms with E-state index >= 15 is 0 Å². The highest BCUT2D eigenvalue weighted by Crippen LogP contribution is 2.18. The van der Waals surface area contributed by atoms with Crippen molar-refractivity contribution in [3.63, 3.8) is 0 Å². The normalized spacial score (nSPS) is 13.2. The lowest BCUT2D eigenvalue weighted by molar-refractivity contribution is 0.169. The molecule has 0 saturated carbocycles. The number of pyridine rings is 1. The summed E-state index contributed by atoms with van der Waals surface area (Å²) in [6, 6.07) is 5.99. The van der Waals surface area contributed by atoms with E-state index in [1.54, 1.807) is 0 Å². The first kappa shape index (κ1) is 12.8. The second-order valence-corrected chi connectivity index (χ2v) is 5.07. The van der Waals surface area contributed by atoms with E-state index in [1.807, 2.05) is 53.5 Å². The summed E-state index contributed by atoms with van der Waals surface area (Å²) in [7, 11) is 0. The van der Waals surface area contributed by atoms with Crippen LogP contribution in [0, 0.1) is 0 Å². The van der Waals surface area contributed by atoms with Crippen LogP contribution in [0.4, 0.5) is 0 Å². The first-order chi connectivity index (χ1) is 9.65. The van der Waals surface area contributed by atoms with Gasteiger partial charge >= 0.3 is 0 Å². The maximum absolute atomic E-state index is 10.3. The fraction of sp³-hybridized carbons (Fsp3) is 0.357. The quantitative estimate of drug-likeness (QED) is 0.785. The molecule has 0 amide bonds. The van der Waals surface area contributed by atoms with E-state index < -0.39 is 6.10 Å². The highest BCUT2D eigenvalue weighted by molar-refractivity contribution is 5.39. The van der Waals surface area contributed by atoms with Crippen LogP contribution in [-0.2, 0) is 6.42 Å². The molecule has 0 fully saturated rings. The molecule has 1 atom stereocenters. The summed E-state index contributed by atoms with van der Waals surface area (Å²) < 4.78 is 3.71. The monoisotopic (exact) mass is 271 g/mol. The molecule has 1 unspecified atom stereocenters. The molecule has 0 aromatic carbocycles. The fourth-order valence-corrected chi connectivity index (χ4v) is 2.24. The Morgan fingerprint density at radius 1 is 1.30 bits per heavy atom. The van der Waals surface area contributed by atoms with Crippen LogP contribution in [0.2, 0.25) is 0 Å². The molecule has 0 radical (unpaired) electrons. The Kier molecular flexibility index (Phi) is 3.23. The van der Waals surface area contributed by atoms with Crippen LogP contribution in [0.25, 0.3) is 5.65 Å². The molecule has 6 heteroatoms. The Morgan fingerprint density at radius 2 is 2.15 bits per heavy atom. The molecule has 3 heterocycles. The SMILES string of the molecule is CC(C)n1ncnc1CC(O)c1cn2ccccc2n1. The zero-order valence-corrected chi connectivity index (χ0v) is 11.5. The Morgan fingerprint density at radius 3 is 2.90 bits per heavy atom. The molecule has 20 heavy (non-hydrogen) atoms. The van der Waals surface area contributed by atoms with Crippen molar-refractivity contribution >= 4 is 5.65 Å². The van der Waals surface area contributed by atoms with E-state index in [9.17, 15) is 5.11 Å². The number of hydrogen-bond acceptors (Lipinski definition) is 4. The third-order valence-corrected chi connectivity index (χ3v) is 3.24. The van der Waals surface area contributed by atoms with Gasteiger partial charge in [-0.1, -0.05) is 6.07 Å². The Bertz CT molecular complexity index is 682. The van der Waals surface area contributed by atoms with Gasteiger partial charge in [-0.15, -0.1) is 0 Å². The molecule has 6 nitrogen and oxygen atoms in total. The minimum atomic E-state index is -0.684. The number of aliphatic hydroxyl groups is 1. The first-order valence-corrected chi connectivity index (χ1v) is 6.65. The van der Waals surface area contributed by atoms with Gasteiger partial charge in [0.15, 0.2) is 0 Å². The van der Waals surface area contributed by atoms with Crippen LogP contribution in [0.15, 0.2) is 36.9 Å². The maximum atomic E-state index is 10.3. The summed E-state index contributed by atoms with van der Waals surface area (Å²) in [6.07, 6.45) is 5.00. The van der Waals surface area contributed by atoms with E-state index in [4.69, 9.17) is 0 Å². The molecule has 3 aromatic heterocycles. The summed E-state index contributed by atoms with van der Waals surface area (Å²) in [6.45, 7) is 4.07. The Labute approximate surface area is 116 Å². The minimum absolute atomic E-state index is 0.223. The Balaban J connectivity index is 1.85. The van der Waals surface area contributed by atoms with Crippen LogP contribution in [0.1, 0.15) is 37.5 Å². The second kappa shape index (κ2) is 5.05. The standard InChI is InChI=1S/C14H17N5O/c1-10(2)19-14(15-9-16-19)7-12(20)11-8-18-6-4-3-5-13(18)17-11/h3-6,8-10,12,20H,7H2,1-2H3. The predicted molar refractivity (Wildman–Crippen MR) is 74.3 cm³/mol. The molecule has 0 bridgehead atoms. The van der Waals surface area contributed by atoms with Gasteiger partial charge in [0.1, 0.15) is 23.9 Å². The third kappa shape index (κ3) is 2.30. The molecule has 104 valence electrons. The van der Waals surface area contributed by atoms with Crippen molar-refractivity contribution in [3.05, 3.63) is 48.4 Å². The van der Waals surface area contributed by atoms with Gasteiger partial charge in [0.05, 0.1) is 5.69 Å². The molecular formula is C14H17N5O. The predicted octanol–water partition coefficient (Wildman–Crippen LogP) is 1.78. The van der Waals surface area contributed by atoms with Gasteiger partial charge < -0.3 is 9.51 Å². The van der Waals surface area contributed by atoms with Crippen LogP contribution in [0.5, 0.6) is 0 Å². The first-order valence-electron chi connectivity index (χ1n) is 6.65. The summed E-state index contributed by atoms with van der Waals surface area (Å²) in [5.74, 6) is 0.768. The van der Waals surface area contributed by atoms with Gasteiger partial charge in [0, 0.05) is 24.9 Å². The van der Waals surface area contributed by atoms with Crippen molar-refractivity contribution in [3.8, 4) is 0 Å². The highest BCUT2D eigenvalue weighted by Gasteiger charge is 2.17. The van der Waals surface area contributed by atoms with Gasteiger partial charge in [-0.05, 0) is 26.0 Å². The van der Waals surface area contributed by atoms with E-state index in [0.29, 0.717) is 12.1 Å². The number of aliphatic hydroxyl groups excluding tert-OH is 1. The van der Waals surface area contributed by atoms with E-state index in [1.165, 1.54) is 6.33 Å². The molecule has 0 aliphatic rings. The van der Waals surface area contributed by atoms with Crippen molar-refractivity contribution < 1.29 is 5.11 Å². The molecule has 3 aromatic rings. The van der Waals surface area contributed by atoms with Crippen molar-refractivity contribution in [1.82, 2.24) is 24.1 Å². The average molecular weight is 271 g/mol. The van der Waals surface area contributed by atoms with Crippen molar-refractivity contribution in [2.75, 3.05) is 0 Å². The van der Waals surface area contributed by atoms with Crippen molar-refractivity contribution in [2.45, 2.75) is 32.4 Å². The summed E-state index contributed by atoms with van der Waals surface area (Å²) >= 11 is 0. The molecule has 0 aliphatic heterocycles. The summed E-state index contributed by atoms with van der Waals surface area (Å²) in [4.78, 5) is 8.64. The summed E-state index contributed by atoms with van der Waals surface area (Å²) in [5.41, 5.74) is 1.47. The fourth-order valence-electron chi connectivity index (χ4n) is 2.24. The van der Waals surface area contributed by atoms with Crippen LogP contribution >= 0.6 is 0 Å². The van der Waals surface area contributed by atoms with Crippen molar-refractivity contribution in [2.24, 2.45) is 0 Å². The largest absolute Gasteiger partial charge is 0.386 e. The van der Waals surface area contributed by atoms with Gasteiger partial charge in [0.25, 0.3) is 0 Å². The Hall–Kier alpha value is -2.21. The molecule has 3 rings (SSSR count). The highest BCUT2D eigenvalue weighted by atomic mass is 16.3. The number of hydrogen-bond donors (Lipinski definition) is 1.